The Labute approximate surface area is 120 Å². The summed E-state index contributed by atoms with van der Waals surface area (Å²) in [7, 11) is 0. The number of halogens is 2. The third kappa shape index (κ3) is 2.73. The highest BCUT2D eigenvalue weighted by Gasteiger charge is 2.41. The van der Waals surface area contributed by atoms with Gasteiger partial charge in [-0.2, -0.15) is 0 Å². The molecule has 112 valence electrons. The van der Waals surface area contributed by atoms with Crippen molar-refractivity contribution in [3.05, 3.63) is 34.9 Å². The van der Waals surface area contributed by atoms with E-state index in [0.717, 1.165) is 31.9 Å². The summed E-state index contributed by atoms with van der Waals surface area (Å²) >= 11 is 0. The van der Waals surface area contributed by atoms with Crippen LogP contribution in [0.1, 0.15) is 63.1 Å². The topological polar surface area (TPSA) is 12.0 Å². The van der Waals surface area contributed by atoms with Crippen LogP contribution in [0.3, 0.4) is 0 Å². The predicted molar refractivity (Wildman–Crippen MR) is 78.7 cm³/mol. The van der Waals surface area contributed by atoms with Crippen molar-refractivity contribution in [3.63, 3.8) is 0 Å². The first-order valence-electron chi connectivity index (χ1n) is 7.73. The van der Waals surface area contributed by atoms with Crippen molar-refractivity contribution in [2.75, 3.05) is 6.54 Å². The Morgan fingerprint density at radius 3 is 2.35 bits per heavy atom. The maximum atomic E-state index is 14.3. The molecule has 0 radical (unpaired) electrons. The largest absolute Gasteiger partial charge is 0.310 e. The molecule has 0 spiro atoms. The molecular formula is C17H25F2N. The molecule has 1 aliphatic carbocycles. The van der Waals surface area contributed by atoms with Gasteiger partial charge in [0.05, 0.1) is 0 Å². The molecule has 0 heterocycles. The quantitative estimate of drug-likeness (QED) is 0.810. The lowest BCUT2D eigenvalue weighted by Gasteiger charge is -2.38. The van der Waals surface area contributed by atoms with E-state index in [1.54, 1.807) is 13.0 Å². The van der Waals surface area contributed by atoms with Crippen molar-refractivity contribution in [1.82, 2.24) is 5.32 Å². The van der Waals surface area contributed by atoms with Crippen molar-refractivity contribution in [2.24, 2.45) is 5.41 Å². The summed E-state index contributed by atoms with van der Waals surface area (Å²) in [6.07, 6.45) is 5.68. The average molecular weight is 281 g/mol. The lowest BCUT2D eigenvalue weighted by molar-refractivity contribution is 0.185. The normalized spacial score (nSPS) is 19.2. The van der Waals surface area contributed by atoms with Crippen LogP contribution in [0.25, 0.3) is 0 Å². The second kappa shape index (κ2) is 6.21. The van der Waals surface area contributed by atoms with Gasteiger partial charge in [-0.25, -0.2) is 8.78 Å². The van der Waals surface area contributed by atoms with E-state index in [-0.39, 0.29) is 11.5 Å². The molecule has 1 unspecified atom stereocenters. The minimum Gasteiger partial charge on any atom is -0.310 e. The van der Waals surface area contributed by atoms with Crippen LogP contribution in [0.5, 0.6) is 0 Å². The van der Waals surface area contributed by atoms with E-state index in [2.05, 4.69) is 12.2 Å². The van der Waals surface area contributed by atoms with Crippen LogP contribution in [-0.4, -0.2) is 6.54 Å². The summed E-state index contributed by atoms with van der Waals surface area (Å²) in [5.74, 6) is -0.878. The third-order valence-corrected chi connectivity index (χ3v) is 4.91. The zero-order chi connectivity index (χ0) is 14.8. The minimum absolute atomic E-state index is 0.0145. The fourth-order valence-electron chi connectivity index (χ4n) is 3.69. The molecule has 1 aliphatic rings. The molecule has 1 saturated carbocycles. The molecule has 1 aromatic rings. The highest BCUT2D eigenvalue weighted by Crippen LogP contribution is 2.50. The van der Waals surface area contributed by atoms with Crippen LogP contribution >= 0.6 is 0 Å². The summed E-state index contributed by atoms with van der Waals surface area (Å²) in [6.45, 7) is 6.72. The number of hydrogen-bond acceptors (Lipinski definition) is 1. The van der Waals surface area contributed by atoms with Crippen molar-refractivity contribution in [2.45, 2.75) is 58.9 Å². The molecule has 20 heavy (non-hydrogen) atoms. The Balaban J connectivity index is 2.45. The van der Waals surface area contributed by atoms with Crippen molar-refractivity contribution in [3.8, 4) is 0 Å². The Morgan fingerprint density at radius 1 is 1.15 bits per heavy atom. The van der Waals surface area contributed by atoms with E-state index in [1.807, 2.05) is 6.92 Å². The highest BCUT2D eigenvalue weighted by atomic mass is 19.1. The number of nitrogens with one attached hydrogen (secondary N) is 1. The SMILES string of the molecule is CCNC(c1cc(C)c(F)cc1F)C1(CC)CCCC1. The van der Waals surface area contributed by atoms with Crippen LogP contribution in [0.15, 0.2) is 12.1 Å². The number of hydrogen-bond donors (Lipinski definition) is 1. The molecule has 0 amide bonds. The van der Waals surface area contributed by atoms with Gasteiger partial charge in [-0.1, -0.05) is 26.7 Å². The third-order valence-electron chi connectivity index (χ3n) is 4.91. The van der Waals surface area contributed by atoms with Gasteiger partial charge in [0, 0.05) is 17.7 Å². The molecule has 1 N–H and O–H groups in total. The molecule has 0 aliphatic heterocycles. The van der Waals surface area contributed by atoms with Gasteiger partial charge < -0.3 is 5.32 Å². The van der Waals surface area contributed by atoms with Crippen molar-refractivity contribution < 1.29 is 8.78 Å². The molecule has 1 atom stereocenters. The van der Waals surface area contributed by atoms with Crippen LogP contribution in [0.2, 0.25) is 0 Å². The van der Waals surface area contributed by atoms with Crippen LogP contribution in [0.4, 0.5) is 8.78 Å². The van der Waals surface area contributed by atoms with E-state index in [1.165, 1.54) is 12.8 Å². The highest BCUT2D eigenvalue weighted by molar-refractivity contribution is 5.30. The Kier molecular flexibility index (Phi) is 4.79. The fraction of sp³-hybridized carbons (Fsp3) is 0.647. The number of rotatable bonds is 5. The first-order chi connectivity index (χ1) is 9.54. The Hall–Kier alpha value is -0.960. The summed E-state index contributed by atoms with van der Waals surface area (Å²) in [4.78, 5) is 0. The van der Waals surface area contributed by atoms with E-state index >= 15 is 0 Å². The second-order valence-corrected chi connectivity index (χ2v) is 6.04. The van der Waals surface area contributed by atoms with Gasteiger partial charge in [0.25, 0.3) is 0 Å². The first-order valence-corrected chi connectivity index (χ1v) is 7.73. The maximum absolute atomic E-state index is 14.3. The molecule has 0 bridgehead atoms. The summed E-state index contributed by atoms with van der Waals surface area (Å²) in [6, 6.07) is 2.71. The molecule has 0 saturated heterocycles. The lowest BCUT2D eigenvalue weighted by Crippen LogP contribution is -2.37. The van der Waals surface area contributed by atoms with Crippen LogP contribution in [0, 0.1) is 24.0 Å². The molecule has 1 nitrogen and oxygen atoms in total. The molecule has 0 aromatic heterocycles. The Morgan fingerprint density at radius 2 is 1.80 bits per heavy atom. The number of aryl methyl sites for hydroxylation is 1. The summed E-state index contributed by atoms with van der Waals surface area (Å²) < 4.78 is 27.8. The van der Waals surface area contributed by atoms with Gasteiger partial charge in [-0.15, -0.1) is 0 Å². The first kappa shape index (κ1) is 15.4. The smallest absolute Gasteiger partial charge is 0.130 e. The van der Waals surface area contributed by atoms with E-state index in [9.17, 15) is 8.78 Å². The summed E-state index contributed by atoms with van der Waals surface area (Å²) in [5.41, 5.74) is 1.27. The van der Waals surface area contributed by atoms with Gasteiger partial charge in [0.1, 0.15) is 11.6 Å². The zero-order valence-electron chi connectivity index (χ0n) is 12.7. The molecule has 1 fully saturated rings. The van der Waals surface area contributed by atoms with E-state index < -0.39 is 11.6 Å². The minimum atomic E-state index is -0.460. The van der Waals surface area contributed by atoms with Crippen LogP contribution < -0.4 is 5.32 Å². The van der Waals surface area contributed by atoms with Gasteiger partial charge >= 0.3 is 0 Å². The lowest BCUT2D eigenvalue weighted by atomic mass is 9.73. The Bertz CT molecular complexity index is 464. The van der Waals surface area contributed by atoms with Gasteiger partial charge in [0.2, 0.25) is 0 Å². The van der Waals surface area contributed by atoms with Crippen molar-refractivity contribution in [1.29, 1.82) is 0 Å². The van der Waals surface area contributed by atoms with Crippen molar-refractivity contribution >= 4 is 0 Å². The van der Waals surface area contributed by atoms with Gasteiger partial charge in [-0.3, -0.25) is 0 Å². The molecule has 1 aromatic carbocycles. The van der Waals surface area contributed by atoms with Crippen LogP contribution in [-0.2, 0) is 0 Å². The standard InChI is InChI=1S/C17H25F2N/c1-4-17(8-6-7-9-17)16(20-5-2)13-10-12(3)14(18)11-15(13)19/h10-11,16,20H,4-9H2,1-3H3. The molecular weight excluding hydrogens is 256 g/mol. The zero-order valence-corrected chi connectivity index (χ0v) is 12.7. The fourth-order valence-corrected chi connectivity index (χ4v) is 3.69. The maximum Gasteiger partial charge on any atom is 0.130 e. The molecule has 3 heteroatoms. The van der Waals surface area contributed by atoms with Gasteiger partial charge in [-0.05, 0) is 49.8 Å². The van der Waals surface area contributed by atoms with E-state index in [0.29, 0.717) is 11.1 Å². The second-order valence-electron chi connectivity index (χ2n) is 6.04. The monoisotopic (exact) mass is 281 g/mol. The predicted octanol–water partition coefficient (Wildman–Crippen LogP) is 4.89. The van der Waals surface area contributed by atoms with E-state index in [4.69, 9.17) is 0 Å². The average Bonchev–Trinajstić information content (AvgIpc) is 2.90. The van der Waals surface area contributed by atoms with Gasteiger partial charge in [0.15, 0.2) is 0 Å². The number of benzene rings is 1. The summed E-state index contributed by atoms with van der Waals surface area (Å²) in [5, 5.41) is 3.46. The molecule has 2 rings (SSSR count).